The van der Waals surface area contributed by atoms with Crippen LogP contribution >= 0.6 is 0 Å². The molecule has 1 amide bonds. The molecule has 0 aliphatic carbocycles. The van der Waals surface area contributed by atoms with E-state index in [1.165, 1.54) is 11.1 Å². The Labute approximate surface area is 78.1 Å². The van der Waals surface area contributed by atoms with Crippen molar-refractivity contribution in [3.8, 4) is 0 Å². The zero-order valence-corrected chi connectivity index (χ0v) is 7.95. The van der Waals surface area contributed by atoms with E-state index in [1.807, 2.05) is 6.92 Å². The monoisotopic (exact) mass is 184 g/mol. The van der Waals surface area contributed by atoms with Crippen molar-refractivity contribution in [2.45, 2.75) is 13.1 Å². The Morgan fingerprint density at radius 2 is 2.38 bits per heavy atom. The molecule has 5 nitrogen and oxygen atoms in total. The van der Waals surface area contributed by atoms with Crippen molar-refractivity contribution < 1.29 is 4.79 Å². The molecule has 1 unspecified atom stereocenters. The fraction of sp³-hybridized carbons (Fsp3) is 0.500. The lowest BCUT2D eigenvalue weighted by Gasteiger charge is -2.26. The largest absolute Gasteiger partial charge is 0.404 e. The van der Waals surface area contributed by atoms with Crippen LogP contribution in [-0.2, 0) is 4.79 Å². The van der Waals surface area contributed by atoms with E-state index in [0.717, 1.165) is 12.6 Å². The van der Waals surface area contributed by atoms with Crippen molar-refractivity contribution in [2.24, 2.45) is 5.73 Å². The maximum absolute atomic E-state index is 10.6. The summed E-state index contributed by atoms with van der Waals surface area (Å²) in [6.07, 6.45) is 2.87. The average Bonchev–Trinajstić information content (AvgIpc) is 2.18. The van der Waals surface area contributed by atoms with Crippen LogP contribution in [0.2, 0.25) is 0 Å². The number of hydrogen-bond donors (Lipinski definition) is 3. The van der Waals surface area contributed by atoms with Gasteiger partial charge in [0.25, 0.3) is 0 Å². The van der Waals surface area contributed by atoms with Crippen LogP contribution in [0.25, 0.3) is 0 Å². The molecule has 74 valence electrons. The third-order valence-corrected chi connectivity index (χ3v) is 1.78. The molecule has 13 heavy (non-hydrogen) atoms. The molecular formula is C8H16N4O. The fourth-order valence-electron chi connectivity index (χ4n) is 1.06. The minimum absolute atomic E-state index is 0.315. The summed E-state index contributed by atoms with van der Waals surface area (Å²) in [5.41, 5.74) is 5.88. The van der Waals surface area contributed by atoms with Gasteiger partial charge in [0.2, 0.25) is 6.41 Å². The van der Waals surface area contributed by atoms with E-state index < -0.39 is 0 Å². The summed E-state index contributed by atoms with van der Waals surface area (Å²) >= 11 is 0. The van der Waals surface area contributed by atoms with Gasteiger partial charge in [0, 0.05) is 24.5 Å². The molecular weight excluding hydrogens is 168 g/mol. The highest BCUT2D eigenvalue weighted by Crippen LogP contribution is 2.01. The van der Waals surface area contributed by atoms with Gasteiger partial charge in [-0.3, -0.25) is 10.1 Å². The Balaban J connectivity index is 4.64. The van der Waals surface area contributed by atoms with Gasteiger partial charge < -0.3 is 16.0 Å². The van der Waals surface area contributed by atoms with E-state index in [2.05, 4.69) is 5.32 Å². The first-order valence-corrected chi connectivity index (χ1v) is 4.05. The van der Waals surface area contributed by atoms with Gasteiger partial charge in [-0.15, -0.1) is 0 Å². The quantitative estimate of drug-likeness (QED) is 0.296. The molecule has 0 aliphatic heterocycles. The summed E-state index contributed by atoms with van der Waals surface area (Å²) in [5.74, 6) is 0. The number of amides is 1. The van der Waals surface area contributed by atoms with Crippen molar-refractivity contribution in [3.05, 3.63) is 11.8 Å². The first-order chi connectivity index (χ1) is 6.24. The van der Waals surface area contributed by atoms with Gasteiger partial charge in [0.05, 0.1) is 0 Å². The minimum Gasteiger partial charge on any atom is -0.404 e. The van der Waals surface area contributed by atoms with Gasteiger partial charge in [-0.25, -0.2) is 0 Å². The van der Waals surface area contributed by atoms with E-state index in [1.54, 1.807) is 7.05 Å². The molecule has 0 aromatic carbocycles. The van der Waals surface area contributed by atoms with Crippen LogP contribution in [-0.4, -0.2) is 37.3 Å². The second-order valence-electron chi connectivity index (χ2n) is 2.44. The third-order valence-electron chi connectivity index (χ3n) is 1.78. The minimum atomic E-state index is -0.315. The van der Waals surface area contributed by atoms with Crippen LogP contribution in [0, 0.1) is 5.41 Å². The van der Waals surface area contributed by atoms with Gasteiger partial charge in [-0.1, -0.05) is 0 Å². The highest BCUT2D eigenvalue weighted by molar-refractivity contribution is 5.77. The van der Waals surface area contributed by atoms with E-state index in [9.17, 15) is 4.79 Å². The summed E-state index contributed by atoms with van der Waals surface area (Å²) in [6, 6.07) is 0. The molecule has 0 aromatic rings. The van der Waals surface area contributed by atoms with Crippen LogP contribution in [0.4, 0.5) is 0 Å². The predicted octanol–water partition coefficient (Wildman–Crippen LogP) is -0.498. The molecule has 0 bridgehead atoms. The van der Waals surface area contributed by atoms with Gasteiger partial charge >= 0.3 is 0 Å². The van der Waals surface area contributed by atoms with E-state index in [4.69, 9.17) is 11.1 Å². The van der Waals surface area contributed by atoms with Crippen LogP contribution in [0.5, 0.6) is 0 Å². The molecule has 1 atom stereocenters. The number of nitrogens with one attached hydrogen (secondary N) is 2. The fourth-order valence-corrected chi connectivity index (χ4v) is 1.06. The molecule has 0 fully saturated rings. The predicted molar refractivity (Wildman–Crippen MR) is 52.3 cm³/mol. The molecule has 4 N–H and O–H groups in total. The number of likely N-dealkylation sites (N-methyl/N-ethyl adjacent to an activating group) is 2. The summed E-state index contributed by atoms with van der Waals surface area (Å²) in [5, 5.41) is 9.98. The van der Waals surface area contributed by atoms with Crippen LogP contribution in [0.1, 0.15) is 6.92 Å². The van der Waals surface area contributed by atoms with E-state index in [-0.39, 0.29) is 6.17 Å². The van der Waals surface area contributed by atoms with Crippen molar-refractivity contribution in [1.29, 1.82) is 5.41 Å². The summed E-state index contributed by atoms with van der Waals surface area (Å²) in [6.45, 7) is 2.43. The SMILES string of the molecule is CCN(C=O)C(NC)/C(C=N)=C/N. The number of carbonyl (C=O) groups excluding carboxylic acids is 1. The zero-order chi connectivity index (χ0) is 10.3. The Kier molecular flexibility index (Phi) is 5.54. The molecule has 0 rings (SSSR count). The first kappa shape index (κ1) is 11.6. The highest BCUT2D eigenvalue weighted by atomic mass is 16.1. The number of nitrogens with two attached hydrogens (primary N) is 1. The number of rotatable bonds is 6. The maximum Gasteiger partial charge on any atom is 0.211 e. The number of hydrogen-bond acceptors (Lipinski definition) is 4. The average molecular weight is 184 g/mol. The topological polar surface area (TPSA) is 82.2 Å². The zero-order valence-electron chi connectivity index (χ0n) is 7.95. The lowest BCUT2D eigenvalue weighted by atomic mass is 10.2. The van der Waals surface area contributed by atoms with E-state index in [0.29, 0.717) is 12.1 Å². The molecule has 0 aliphatic rings. The second-order valence-corrected chi connectivity index (χ2v) is 2.44. The van der Waals surface area contributed by atoms with Crippen LogP contribution in [0.15, 0.2) is 11.8 Å². The number of nitrogens with zero attached hydrogens (tertiary/aromatic N) is 1. The maximum atomic E-state index is 10.6. The van der Waals surface area contributed by atoms with Gasteiger partial charge in [0.1, 0.15) is 6.17 Å². The Morgan fingerprint density at radius 1 is 1.77 bits per heavy atom. The first-order valence-electron chi connectivity index (χ1n) is 4.05. The Hall–Kier alpha value is -1.36. The lowest BCUT2D eigenvalue weighted by molar-refractivity contribution is -0.119. The molecule has 0 radical (unpaired) electrons. The Morgan fingerprint density at radius 3 is 2.62 bits per heavy atom. The smallest absolute Gasteiger partial charge is 0.211 e. The molecule has 0 heterocycles. The van der Waals surface area contributed by atoms with Gasteiger partial charge in [-0.05, 0) is 14.0 Å². The molecule has 0 spiro atoms. The normalized spacial score (nSPS) is 13.5. The number of carbonyl (C=O) groups is 1. The second kappa shape index (κ2) is 6.19. The molecule has 0 saturated heterocycles. The van der Waals surface area contributed by atoms with Gasteiger partial charge in [0.15, 0.2) is 0 Å². The molecule has 0 saturated carbocycles. The summed E-state index contributed by atoms with van der Waals surface area (Å²) < 4.78 is 0. The van der Waals surface area contributed by atoms with Gasteiger partial charge in [-0.2, -0.15) is 0 Å². The van der Waals surface area contributed by atoms with Crippen molar-refractivity contribution in [3.63, 3.8) is 0 Å². The van der Waals surface area contributed by atoms with Crippen molar-refractivity contribution in [2.75, 3.05) is 13.6 Å². The Bertz CT molecular complexity index is 202. The molecule has 5 heteroatoms. The summed E-state index contributed by atoms with van der Waals surface area (Å²) in [7, 11) is 1.71. The van der Waals surface area contributed by atoms with E-state index >= 15 is 0 Å². The van der Waals surface area contributed by atoms with Crippen molar-refractivity contribution >= 4 is 12.6 Å². The standard InChI is InChI=1S/C8H16N4O/c1-3-12(6-13)8(11-2)7(4-9)5-10/h4-6,8-9,11H,3,10H2,1-2H3/b7-5+,9-4?. The van der Waals surface area contributed by atoms with Crippen LogP contribution in [0.3, 0.4) is 0 Å². The van der Waals surface area contributed by atoms with Crippen molar-refractivity contribution in [1.82, 2.24) is 10.2 Å². The summed E-state index contributed by atoms with van der Waals surface area (Å²) in [4.78, 5) is 12.1. The van der Waals surface area contributed by atoms with Crippen LogP contribution < -0.4 is 11.1 Å². The lowest BCUT2D eigenvalue weighted by Crippen LogP contribution is -2.45. The highest BCUT2D eigenvalue weighted by Gasteiger charge is 2.15. The molecule has 0 aromatic heterocycles. The third kappa shape index (κ3) is 2.87.